The van der Waals surface area contributed by atoms with Crippen LogP contribution in [0.1, 0.15) is 31.7 Å². The van der Waals surface area contributed by atoms with Gasteiger partial charge in [-0.2, -0.15) is 15.0 Å². The highest BCUT2D eigenvalue weighted by atomic mass is 35.5. The molecule has 15 heavy (non-hydrogen) atoms. The van der Waals surface area contributed by atoms with E-state index < -0.39 is 0 Å². The van der Waals surface area contributed by atoms with Crippen molar-refractivity contribution < 1.29 is 0 Å². The van der Waals surface area contributed by atoms with Gasteiger partial charge in [0.15, 0.2) is 0 Å². The fourth-order valence-electron chi connectivity index (χ4n) is 2.88. The van der Waals surface area contributed by atoms with E-state index in [1.165, 1.54) is 38.8 Å². The number of rotatable bonds is 1. The van der Waals surface area contributed by atoms with Crippen LogP contribution >= 0.6 is 12.4 Å². The molecule has 0 atom stereocenters. The maximum Gasteiger partial charge on any atom is 0.0727 e. The van der Waals surface area contributed by atoms with Crippen molar-refractivity contribution in [2.45, 2.75) is 31.7 Å². The van der Waals surface area contributed by atoms with Crippen molar-refractivity contribution in [3.05, 3.63) is 12.4 Å². The number of nitrogens with zero attached hydrogens (tertiary/aromatic N) is 3. The molecule has 1 aromatic heterocycles. The lowest BCUT2D eigenvalue weighted by Gasteiger charge is -2.49. The van der Waals surface area contributed by atoms with Gasteiger partial charge in [0.05, 0.1) is 18.4 Å². The van der Waals surface area contributed by atoms with Crippen molar-refractivity contribution in [1.82, 2.24) is 20.3 Å². The summed E-state index contributed by atoms with van der Waals surface area (Å²) >= 11 is 0. The largest absolute Gasteiger partial charge is 0.317 e. The summed E-state index contributed by atoms with van der Waals surface area (Å²) in [4.78, 5) is 1.88. The third kappa shape index (κ3) is 1.88. The van der Waals surface area contributed by atoms with Gasteiger partial charge in [-0.25, -0.2) is 0 Å². The Hall–Kier alpha value is -0.610. The molecular formula is C10H17ClN4. The summed E-state index contributed by atoms with van der Waals surface area (Å²) in [6.07, 6.45) is 8.78. The molecule has 3 rings (SSSR count). The van der Waals surface area contributed by atoms with E-state index in [0.717, 1.165) is 0 Å². The average Bonchev–Trinajstić information content (AvgIpc) is 2.68. The summed E-state index contributed by atoms with van der Waals surface area (Å²) in [5.74, 6) is 0. The van der Waals surface area contributed by atoms with Crippen LogP contribution in [-0.2, 0) is 0 Å². The van der Waals surface area contributed by atoms with Gasteiger partial charge in [0.1, 0.15) is 0 Å². The zero-order valence-corrected chi connectivity index (χ0v) is 9.54. The monoisotopic (exact) mass is 228 g/mol. The van der Waals surface area contributed by atoms with Gasteiger partial charge in [0.25, 0.3) is 0 Å². The van der Waals surface area contributed by atoms with E-state index in [-0.39, 0.29) is 12.4 Å². The second kappa shape index (κ2) is 4.10. The lowest BCUT2D eigenvalue weighted by Crippen LogP contribution is -2.46. The summed E-state index contributed by atoms with van der Waals surface area (Å²) < 4.78 is 0. The van der Waals surface area contributed by atoms with Gasteiger partial charge in [-0.1, -0.05) is 0 Å². The van der Waals surface area contributed by atoms with Gasteiger partial charge in [-0.05, 0) is 44.2 Å². The fraction of sp³-hybridized carbons (Fsp3) is 0.800. The molecule has 1 N–H and O–H groups in total. The van der Waals surface area contributed by atoms with E-state index in [4.69, 9.17) is 0 Å². The molecule has 2 heterocycles. The minimum atomic E-state index is 0. The molecular weight excluding hydrogens is 212 g/mol. The Balaban J connectivity index is 0.000000853. The van der Waals surface area contributed by atoms with E-state index in [1.807, 2.05) is 4.80 Å². The van der Waals surface area contributed by atoms with Crippen molar-refractivity contribution in [2.75, 3.05) is 13.1 Å². The highest BCUT2D eigenvalue weighted by Crippen LogP contribution is 2.53. The highest BCUT2D eigenvalue weighted by molar-refractivity contribution is 5.85. The predicted octanol–water partition coefficient (Wildman–Crippen LogP) is 1.40. The molecule has 4 nitrogen and oxygen atoms in total. The Bertz CT molecular complexity index is 297. The van der Waals surface area contributed by atoms with Crippen LogP contribution in [0.15, 0.2) is 12.4 Å². The second-order valence-electron chi connectivity index (χ2n) is 4.66. The summed E-state index contributed by atoms with van der Waals surface area (Å²) in [5.41, 5.74) is 0.629. The first-order chi connectivity index (χ1) is 6.88. The molecule has 0 amide bonds. The summed E-state index contributed by atoms with van der Waals surface area (Å²) in [6.45, 7) is 2.39. The quantitative estimate of drug-likeness (QED) is 0.790. The molecule has 1 aliphatic carbocycles. The minimum absolute atomic E-state index is 0. The SMILES string of the molecule is Cl.c1cnn(C2CC3(CCNCC3)C2)n1. The van der Waals surface area contributed by atoms with Gasteiger partial charge in [-0.15, -0.1) is 12.4 Å². The molecule has 1 saturated carbocycles. The minimum Gasteiger partial charge on any atom is -0.317 e. The molecule has 1 spiro atoms. The summed E-state index contributed by atoms with van der Waals surface area (Å²) in [7, 11) is 0. The third-order valence-corrected chi connectivity index (χ3v) is 3.76. The van der Waals surface area contributed by atoms with Crippen LogP contribution in [0.25, 0.3) is 0 Å². The van der Waals surface area contributed by atoms with Crippen molar-refractivity contribution in [1.29, 1.82) is 0 Å². The molecule has 84 valence electrons. The van der Waals surface area contributed by atoms with E-state index in [2.05, 4.69) is 15.5 Å². The standard InChI is InChI=1S/C10H16N4.ClH/c1-3-11-4-2-10(1)7-9(8-10)14-12-5-6-13-14;/h5-6,9,11H,1-4,7-8H2;1H. The molecule has 1 aliphatic heterocycles. The van der Waals surface area contributed by atoms with Gasteiger partial charge in [-0.3, -0.25) is 0 Å². The molecule has 0 bridgehead atoms. The maximum absolute atomic E-state index is 4.21. The molecule has 2 aliphatic rings. The lowest BCUT2D eigenvalue weighted by atomic mass is 9.61. The first kappa shape index (κ1) is 10.9. The number of hydrogen-bond donors (Lipinski definition) is 1. The summed E-state index contributed by atoms with van der Waals surface area (Å²) in [5, 5.41) is 11.8. The first-order valence-corrected chi connectivity index (χ1v) is 5.45. The normalized spacial score (nSPS) is 24.5. The van der Waals surface area contributed by atoms with Crippen molar-refractivity contribution in [3.63, 3.8) is 0 Å². The van der Waals surface area contributed by atoms with Gasteiger partial charge < -0.3 is 5.32 Å². The number of halogens is 1. The van der Waals surface area contributed by atoms with Gasteiger partial charge in [0, 0.05) is 0 Å². The predicted molar refractivity (Wildman–Crippen MR) is 60.1 cm³/mol. The van der Waals surface area contributed by atoms with Crippen LogP contribution in [0.3, 0.4) is 0 Å². The molecule has 1 aromatic rings. The molecule has 5 heteroatoms. The van der Waals surface area contributed by atoms with E-state index >= 15 is 0 Å². The Labute approximate surface area is 95.8 Å². The number of aromatic nitrogens is 3. The van der Waals surface area contributed by atoms with Crippen molar-refractivity contribution in [2.24, 2.45) is 5.41 Å². The van der Waals surface area contributed by atoms with E-state index in [9.17, 15) is 0 Å². The van der Waals surface area contributed by atoms with Crippen LogP contribution in [0.2, 0.25) is 0 Å². The molecule has 0 radical (unpaired) electrons. The Morgan fingerprint density at radius 1 is 1.13 bits per heavy atom. The van der Waals surface area contributed by atoms with E-state index in [0.29, 0.717) is 11.5 Å². The molecule has 0 aromatic carbocycles. The highest BCUT2D eigenvalue weighted by Gasteiger charge is 2.45. The number of nitrogens with one attached hydrogen (secondary N) is 1. The zero-order valence-electron chi connectivity index (χ0n) is 8.72. The van der Waals surface area contributed by atoms with Crippen molar-refractivity contribution >= 4 is 12.4 Å². The third-order valence-electron chi connectivity index (χ3n) is 3.76. The average molecular weight is 229 g/mol. The molecule has 0 unspecified atom stereocenters. The zero-order chi connectivity index (χ0) is 9.43. The van der Waals surface area contributed by atoms with Gasteiger partial charge >= 0.3 is 0 Å². The fourth-order valence-corrected chi connectivity index (χ4v) is 2.88. The maximum atomic E-state index is 4.21. The Kier molecular flexibility index (Phi) is 2.98. The van der Waals surface area contributed by atoms with Crippen LogP contribution in [-0.4, -0.2) is 28.1 Å². The Morgan fingerprint density at radius 2 is 1.73 bits per heavy atom. The topological polar surface area (TPSA) is 42.7 Å². The number of piperidine rings is 1. The second-order valence-corrected chi connectivity index (χ2v) is 4.66. The van der Waals surface area contributed by atoms with Crippen LogP contribution in [0.4, 0.5) is 0 Å². The first-order valence-electron chi connectivity index (χ1n) is 5.45. The van der Waals surface area contributed by atoms with Crippen LogP contribution in [0, 0.1) is 5.41 Å². The number of hydrogen-bond acceptors (Lipinski definition) is 3. The van der Waals surface area contributed by atoms with Gasteiger partial charge in [0.2, 0.25) is 0 Å². The lowest BCUT2D eigenvalue weighted by molar-refractivity contribution is 0.0161. The molecule has 2 fully saturated rings. The smallest absolute Gasteiger partial charge is 0.0727 e. The Morgan fingerprint density at radius 3 is 2.33 bits per heavy atom. The molecule has 1 saturated heterocycles. The van der Waals surface area contributed by atoms with Crippen LogP contribution < -0.4 is 5.32 Å². The van der Waals surface area contributed by atoms with E-state index in [1.54, 1.807) is 12.4 Å². The van der Waals surface area contributed by atoms with Crippen LogP contribution in [0.5, 0.6) is 0 Å². The summed E-state index contributed by atoms with van der Waals surface area (Å²) in [6, 6.07) is 0.572. The van der Waals surface area contributed by atoms with Crippen molar-refractivity contribution in [3.8, 4) is 0 Å².